The Bertz CT molecular complexity index is 765. The summed E-state index contributed by atoms with van der Waals surface area (Å²) < 4.78 is 34.3. The molecule has 0 heterocycles. The number of benzene rings is 2. The molecule has 0 aliphatic heterocycles. The highest BCUT2D eigenvalue weighted by molar-refractivity contribution is 7.86. The van der Waals surface area contributed by atoms with Gasteiger partial charge in [-0.1, -0.05) is 69.2 Å². The molecule has 0 aliphatic rings. The molecule has 3 nitrogen and oxygen atoms in total. The van der Waals surface area contributed by atoms with Crippen LogP contribution in [0.2, 0.25) is 0 Å². The molecule has 2 aromatic carbocycles. The maximum atomic E-state index is 12.2. The van der Waals surface area contributed by atoms with Gasteiger partial charge in [0, 0.05) is 5.56 Å². The van der Waals surface area contributed by atoms with E-state index in [1.165, 1.54) is 0 Å². The molecule has 2 rings (SSSR count). The van der Waals surface area contributed by atoms with E-state index in [0.717, 1.165) is 48.8 Å². The van der Waals surface area contributed by atoms with Gasteiger partial charge in [0.15, 0.2) is 0 Å². The minimum absolute atomic E-state index is 0.0933. The van der Waals surface area contributed by atoms with E-state index >= 15 is 0 Å². The predicted octanol–water partition coefficient (Wildman–Crippen LogP) is 5.29. The molecule has 2 aromatic rings. The Labute approximate surface area is 145 Å². The smallest absolute Gasteiger partial charge is 0.282 e. The molecule has 0 fully saturated rings. The lowest BCUT2D eigenvalue weighted by Gasteiger charge is -2.17. The van der Waals surface area contributed by atoms with Gasteiger partial charge in [0.2, 0.25) is 0 Å². The SMILES string of the molecule is CCCCc1ccc(-c2ccccc2)c(S(=O)(=O)O)c1CCCC. The van der Waals surface area contributed by atoms with Crippen molar-refractivity contribution in [2.75, 3.05) is 0 Å². The quantitative estimate of drug-likeness (QED) is 0.661. The molecule has 4 heteroatoms. The zero-order chi connectivity index (χ0) is 17.6. The van der Waals surface area contributed by atoms with Gasteiger partial charge < -0.3 is 0 Å². The van der Waals surface area contributed by atoms with Crippen LogP contribution in [0.25, 0.3) is 11.1 Å². The number of hydrogen-bond donors (Lipinski definition) is 1. The second kappa shape index (κ2) is 8.45. The van der Waals surface area contributed by atoms with Crippen LogP contribution in [0.4, 0.5) is 0 Å². The predicted molar refractivity (Wildman–Crippen MR) is 98.9 cm³/mol. The van der Waals surface area contributed by atoms with Crippen LogP contribution in [0.3, 0.4) is 0 Å². The van der Waals surface area contributed by atoms with Gasteiger partial charge in [-0.2, -0.15) is 8.42 Å². The largest absolute Gasteiger partial charge is 0.295 e. The standard InChI is InChI=1S/C20H26O3S/c1-3-5-10-17-14-15-19(16-11-8-7-9-12-16)20(24(21,22)23)18(17)13-6-4-2/h7-9,11-12,14-15H,3-6,10,13H2,1-2H3,(H,21,22,23). The van der Waals surface area contributed by atoms with Crippen LogP contribution >= 0.6 is 0 Å². The molecule has 0 saturated heterocycles. The maximum absolute atomic E-state index is 12.2. The molecule has 0 aliphatic carbocycles. The Hall–Kier alpha value is -1.65. The minimum atomic E-state index is -4.29. The Morgan fingerprint density at radius 1 is 0.875 bits per heavy atom. The van der Waals surface area contributed by atoms with E-state index in [9.17, 15) is 13.0 Å². The van der Waals surface area contributed by atoms with Gasteiger partial charge >= 0.3 is 0 Å². The van der Waals surface area contributed by atoms with Crippen molar-refractivity contribution in [1.82, 2.24) is 0 Å². The molecule has 0 bridgehead atoms. The summed E-state index contributed by atoms with van der Waals surface area (Å²) in [6, 6.07) is 13.2. The van der Waals surface area contributed by atoms with Crippen LogP contribution < -0.4 is 0 Å². The summed E-state index contributed by atoms with van der Waals surface area (Å²) in [6.45, 7) is 4.20. The molecular weight excluding hydrogens is 320 g/mol. The van der Waals surface area contributed by atoms with Crippen LogP contribution in [0, 0.1) is 0 Å². The van der Waals surface area contributed by atoms with Crippen LogP contribution in [-0.2, 0) is 23.0 Å². The van der Waals surface area contributed by atoms with Crippen LogP contribution in [0.15, 0.2) is 47.4 Å². The molecule has 0 unspecified atom stereocenters. The van der Waals surface area contributed by atoms with Crippen molar-refractivity contribution in [3.8, 4) is 11.1 Å². The number of rotatable bonds is 8. The van der Waals surface area contributed by atoms with E-state index in [1.807, 2.05) is 42.5 Å². The highest BCUT2D eigenvalue weighted by Gasteiger charge is 2.23. The topological polar surface area (TPSA) is 54.4 Å². The second-order valence-electron chi connectivity index (χ2n) is 6.13. The minimum Gasteiger partial charge on any atom is -0.282 e. The zero-order valence-corrected chi connectivity index (χ0v) is 15.3. The van der Waals surface area contributed by atoms with Crippen LogP contribution in [0.5, 0.6) is 0 Å². The van der Waals surface area contributed by atoms with Crippen molar-refractivity contribution in [3.63, 3.8) is 0 Å². The lowest BCUT2D eigenvalue weighted by molar-refractivity contribution is 0.482. The van der Waals surface area contributed by atoms with Crippen LogP contribution in [0.1, 0.15) is 50.7 Å². The third kappa shape index (κ3) is 4.46. The highest BCUT2D eigenvalue weighted by Crippen LogP contribution is 2.33. The molecule has 0 amide bonds. The molecule has 0 spiro atoms. The molecular formula is C20H26O3S. The summed E-state index contributed by atoms with van der Waals surface area (Å²) in [5, 5.41) is 0. The van der Waals surface area contributed by atoms with E-state index in [2.05, 4.69) is 13.8 Å². The van der Waals surface area contributed by atoms with Crippen molar-refractivity contribution >= 4 is 10.1 Å². The van der Waals surface area contributed by atoms with Crippen molar-refractivity contribution in [3.05, 3.63) is 53.6 Å². The first-order valence-corrected chi connectivity index (χ1v) is 10.1. The third-order valence-electron chi connectivity index (χ3n) is 4.28. The van der Waals surface area contributed by atoms with Crippen molar-refractivity contribution in [1.29, 1.82) is 0 Å². The average molecular weight is 346 g/mol. The lowest BCUT2D eigenvalue weighted by Crippen LogP contribution is -2.09. The molecule has 24 heavy (non-hydrogen) atoms. The summed E-state index contributed by atoms with van der Waals surface area (Å²) in [4.78, 5) is 0.0933. The lowest BCUT2D eigenvalue weighted by atomic mass is 9.93. The van der Waals surface area contributed by atoms with E-state index in [-0.39, 0.29) is 4.90 Å². The van der Waals surface area contributed by atoms with Gasteiger partial charge in [-0.3, -0.25) is 4.55 Å². The number of unbranched alkanes of at least 4 members (excludes halogenated alkanes) is 2. The summed E-state index contributed by atoms with van der Waals surface area (Å²) in [5.41, 5.74) is 3.22. The van der Waals surface area contributed by atoms with E-state index in [4.69, 9.17) is 0 Å². The fourth-order valence-electron chi connectivity index (χ4n) is 3.04. The highest BCUT2D eigenvalue weighted by atomic mass is 32.2. The first-order valence-electron chi connectivity index (χ1n) is 8.66. The van der Waals surface area contributed by atoms with Gasteiger partial charge in [-0.15, -0.1) is 0 Å². The Kier molecular flexibility index (Phi) is 6.58. The third-order valence-corrected chi connectivity index (χ3v) is 5.26. The summed E-state index contributed by atoms with van der Waals surface area (Å²) in [5.74, 6) is 0. The zero-order valence-electron chi connectivity index (χ0n) is 14.5. The fourth-order valence-corrected chi connectivity index (χ4v) is 4.05. The molecule has 0 atom stereocenters. The molecule has 130 valence electrons. The summed E-state index contributed by atoms with van der Waals surface area (Å²) in [6.07, 6.45) is 5.45. The van der Waals surface area contributed by atoms with Crippen molar-refractivity contribution in [2.45, 2.75) is 57.3 Å². The molecule has 0 aromatic heterocycles. The van der Waals surface area contributed by atoms with Crippen molar-refractivity contribution < 1.29 is 13.0 Å². The van der Waals surface area contributed by atoms with Gasteiger partial charge in [0.05, 0.1) is 0 Å². The first-order chi connectivity index (χ1) is 11.5. The van der Waals surface area contributed by atoms with Gasteiger partial charge in [0.1, 0.15) is 4.90 Å². The Balaban J connectivity index is 2.68. The monoisotopic (exact) mass is 346 g/mol. The van der Waals surface area contributed by atoms with E-state index < -0.39 is 10.1 Å². The van der Waals surface area contributed by atoms with Gasteiger partial charge in [-0.05, 0) is 42.4 Å². The number of aryl methyl sites for hydroxylation is 1. The fraction of sp³-hybridized carbons (Fsp3) is 0.400. The maximum Gasteiger partial charge on any atom is 0.295 e. The Morgan fingerprint density at radius 3 is 2.08 bits per heavy atom. The summed E-state index contributed by atoms with van der Waals surface area (Å²) >= 11 is 0. The van der Waals surface area contributed by atoms with Gasteiger partial charge in [0.25, 0.3) is 10.1 Å². The molecule has 1 N–H and O–H groups in total. The van der Waals surface area contributed by atoms with Crippen LogP contribution in [-0.4, -0.2) is 13.0 Å². The molecule has 0 saturated carbocycles. The summed E-state index contributed by atoms with van der Waals surface area (Å²) in [7, 11) is -4.29. The second-order valence-corrected chi connectivity index (χ2v) is 7.49. The average Bonchev–Trinajstić information content (AvgIpc) is 2.57. The normalized spacial score (nSPS) is 11.6. The van der Waals surface area contributed by atoms with Crippen molar-refractivity contribution in [2.24, 2.45) is 0 Å². The number of hydrogen-bond acceptors (Lipinski definition) is 2. The Morgan fingerprint density at radius 2 is 1.50 bits per heavy atom. The molecule has 0 radical (unpaired) electrons. The van der Waals surface area contributed by atoms with E-state index in [0.29, 0.717) is 12.0 Å². The van der Waals surface area contributed by atoms with E-state index in [1.54, 1.807) is 0 Å². The first kappa shape index (κ1) is 18.7. The van der Waals surface area contributed by atoms with Gasteiger partial charge in [-0.25, -0.2) is 0 Å².